The lowest BCUT2D eigenvalue weighted by Crippen LogP contribution is -2.60. The third-order valence-corrected chi connectivity index (χ3v) is 13.7. The van der Waals surface area contributed by atoms with Gasteiger partial charge in [-0.25, -0.2) is 4.98 Å². The van der Waals surface area contributed by atoms with Crippen molar-refractivity contribution >= 4 is 74.8 Å². The fourth-order valence-electron chi connectivity index (χ4n) is 9.10. The van der Waals surface area contributed by atoms with Crippen LogP contribution in [0.5, 0.6) is 0 Å². The fourth-order valence-corrected chi connectivity index (χ4v) is 9.10. The average Bonchev–Trinajstić information content (AvgIpc) is 3.43. The highest BCUT2D eigenvalue weighted by Gasteiger charge is 2.33. The molecule has 25 heteroatoms. The zero-order valence-corrected chi connectivity index (χ0v) is 46.7. The van der Waals surface area contributed by atoms with Gasteiger partial charge in [-0.05, 0) is 173 Å². The van der Waals surface area contributed by atoms with Gasteiger partial charge in [-0.15, -0.1) is 0 Å². The Labute approximate surface area is 470 Å². The first-order chi connectivity index (χ1) is 38.6. The van der Waals surface area contributed by atoms with E-state index in [4.69, 9.17) is 56.6 Å². The van der Waals surface area contributed by atoms with Crippen LogP contribution in [-0.4, -0.2) is 140 Å². The van der Waals surface area contributed by atoms with Crippen molar-refractivity contribution in [2.75, 3.05) is 51.1 Å². The number of nitrogens with zero attached hydrogens (tertiary/aromatic N) is 2. The van der Waals surface area contributed by atoms with Crippen LogP contribution in [-0.2, 0) is 33.6 Å². The summed E-state index contributed by atoms with van der Waals surface area (Å²) in [5.41, 5.74) is 54.8. The summed E-state index contributed by atoms with van der Waals surface area (Å²) < 4.78 is 0. The number of amides is 7. The van der Waals surface area contributed by atoms with Crippen LogP contribution >= 0.6 is 0 Å². The van der Waals surface area contributed by atoms with E-state index in [9.17, 15) is 33.6 Å². The van der Waals surface area contributed by atoms with Crippen LogP contribution in [0.4, 0.5) is 5.69 Å². The van der Waals surface area contributed by atoms with Gasteiger partial charge < -0.3 is 88.8 Å². The van der Waals surface area contributed by atoms with Gasteiger partial charge >= 0.3 is 0 Å². The Balaban J connectivity index is 1.79. The van der Waals surface area contributed by atoms with E-state index in [0.29, 0.717) is 123 Å². The van der Waals surface area contributed by atoms with Gasteiger partial charge in [-0.2, -0.15) is 0 Å². The number of hydrogen-bond donors (Lipinski definition) is 16. The second-order valence-corrected chi connectivity index (χ2v) is 20.2. The maximum atomic E-state index is 14.4. The van der Waals surface area contributed by atoms with Gasteiger partial charge in [0.2, 0.25) is 41.4 Å². The molecule has 3 rings (SSSR count). The van der Waals surface area contributed by atoms with Gasteiger partial charge in [-0.1, -0.05) is 36.4 Å². The molecule has 0 aliphatic carbocycles. The number of rotatable bonds is 43. The summed E-state index contributed by atoms with van der Waals surface area (Å²) in [5, 5.41) is 22.2. The first-order valence-electron chi connectivity index (χ1n) is 28.5. The van der Waals surface area contributed by atoms with E-state index in [1.807, 2.05) is 48.5 Å². The third kappa shape index (κ3) is 24.7. The Morgan fingerprint density at radius 2 is 0.738 bits per heavy atom. The maximum Gasteiger partial charge on any atom is 0.243 e. The molecule has 0 saturated heterocycles. The van der Waals surface area contributed by atoms with E-state index in [-0.39, 0.29) is 57.5 Å². The number of aromatic nitrogens is 1. The summed E-state index contributed by atoms with van der Waals surface area (Å²) in [5.74, 6) is -4.86. The highest BCUT2D eigenvalue weighted by molar-refractivity contribution is 6.07. The molecule has 0 spiro atoms. The van der Waals surface area contributed by atoms with Gasteiger partial charge in [0, 0.05) is 23.9 Å². The minimum atomic E-state index is -1.28. The average molecular weight is 1120 g/mol. The van der Waals surface area contributed by atoms with Gasteiger partial charge in [-0.3, -0.25) is 38.6 Å². The molecule has 7 amide bonds. The number of aliphatic imine (C=N–C) groups is 1. The second-order valence-electron chi connectivity index (χ2n) is 20.2. The van der Waals surface area contributed by atoms with Crippen molar-refractivity contribution in [3.8, 4) is 0 Å². The molecule has 3 aromatic rings. The summed E-state index contributed by atoms with van der Waals surface area (Å²) in [6.45, 7) is 2.40. The van der Waals surface area contributed by atoms with Gasteiger partial charge in [0.05, 0.1) is 22.8 Å². The standard InChI is InChI=1S/C55H94N18O7/c56-29-11-5-23-41(48(62)74)68-50(76)43(25-7-13-31-58)70-52(78)44(26-8-14-32-59)72-54(80)46(28-17-35-66-55(63)64)73-53(79)45(27-9-15-33-60)71-51(77)42(24-6-12-30-57)69-49(75)38(61)20-10-16-34-65-47-36-18-1-3-21-39(36)67-40-22-4-2-19-37(40)47/h1-4,18-19,21-22,38,41-46H,5-17,20,23-35,56-61H2,(H2,62,74)(H,65,67)(H,68,76)(H,69,75)(H,70,78)(H,71,77)(H,72,80)(H,73,79)(H4,63,64,66)/t38-,41-,42-,43-,44-,45-,46-/m0/s1. The quantitative estimate of drug-likeness (QED) is 0.0145. The molecule has 0 saturated carbocycles. The third-order valence-electron chi connectivity index (χ3n) is 13.7. The molecular formula is C55H94N18O7. The normalized spacial score (nSPS) is 13.9. The van der Waals surface area contributed by atoms with Crippen molar-refractivity contribution in [1.29, 1.82) is 0 Å². The van der Waals surface area contributed by atoms with Crippen molar-refractivity contribution in [1.82, 2.24) is 36.9 Å². The van der Waals surface area contributed by atoms with Crippen LogP contribution in [0, 0.1) is 0 Å². The molecule has 80 heavy (non-hydrogen) atoms. The molecule has 0 unspecified atom stereocenters. The number of primary amides is 1. The van der Waals surface area contributed by atoms with Crippen LogP contribution in [0.2, 0.25) is 0 Å². The first kappa shape index (κ1) is 67.5. The van der Waals surface area contributed by atoms with Crippen molar-refractivity contribution < 1.29 is 33.6 Å². The van der Waals surface area contributed by atoms with Gasteiger partial charge in [0.25, 0.3) is 0 Å². The SMILES string of the molecule is NCCCC[C@H](NC(=O)[C@H](CCCCN)NC(=O)[C@H](CCCCN)NC(=O)[C@H](CCCN=C(N)N)NC(=O)[C@H](CCCCN)NC(=O)[C@H](CCCCN)NC(=O)[C@@H](N)CCCCNc1c2ccccc2nc2ccccc12)C(N)=O. The molecule has 0 radical (unpaired) electrons. The zero-order chi connectivity index (χ0) is 58.7. The van der Waals surface area contributed by atoms with E-state index < -0.39 is 83.6 Å². The Kier molecular flexibility index (Phi) is 32.7. The second kappa shape index (κ2) is 38.8. The number of fused-ring (bicyclic) bond motifs is 2. The number of benzene rings is 2. The highest BCUT2D eigenvalue weighted by atomic mass is 16.2. The number of anilines is 1. The number of unbranched alkanes of at least 4 members (excludes halogenated alkanes) is 6. The summed E-state index contributed by atoms with van der Waals surface area (Å²) in [7, 11) is 0. The van der Waals surface area contributed by atoms with E-state index in [0.717, 1.165) is 27.5 Å². The van der Waals surface area contributed by atoms with Crippen LogP contribution in [0.25, 0.3) is 21.8 Å². The van der Waals surface area contributed by atoms with Crippen molar-refractivity contribution in [3.05, 3.63) is 48.5 Å². The molecule has 7 atom stereocenters. The van der Waals surface area contributed by atoms with Gasteiger partial charge in [0.15, 0.2) is 5.96 Å². The number of pyridine rings is 1. The van der Waals surface area contributed by atoms with Crippen LogP contribution in [0.15, 0.2) is 53.5 Å². The Morgan fingerprint density at radius 1 is 0.412 bits per heavy atom. The summed E-state index contributed by atoms with van der Waals surface area (Å²) in [6.07, 6.45) is 7.77. The van der Waals surface area contributed by atoms with Crippen molar-refractivity contribution in [3.63, 3.8) is 0 Å². The largest absolute Gasteiger partial charge is 0.384 e. The van der Waals surface area contributed by atoms with Crippen LogP contribution in [0.1, 0.15) is 128 Å². The Bertz CT molecular complexity index is 2350. The van der Waals surface area contributed by atoms with E-state index >= 15 is 0 Å². The number of guanidine groups is 1. The number of carbonyl (C=O) groups is 7. The number of nitrogens with one attached hydrogen (secondary N) is 7. The van der Waals surface area contributed by atoms with E-state index in [1.54, 1.807) is 0 Å². The molecular weight excluding hydrogens is 1020 g/mol. The summed E-state index contributed by atoms with van der Waals surface area (Å²) in [4.78, 5) is 106. The minimum absolute atomic E-state index is 0.00101. The molecule has 25 N–H and O–H groups in total. The molecule has 25 nitrogen and oxygen atoms in total. The number of carbonyl (C=O) groups excluding carboxylic acids is 7. The van der Waals surface area contributed by atoms with E-state index in [1.165, 1.54) is 0 Å². The number of para-hydroxylation sites is 2. The van der Waals surface area contributed by atoms with Crippen molar-refractivity contribution in [2.24, 2.45) is 56.6 Å². The molecule has 2 aromatic carbocycles. The van der Waals surface area contributed by atoms with Crippen molar-refractivity contribution in [2.45, 2.75) is 171 Å². The Hall–Kier alpha value is -6.77. The number of hydrogen-bond acceptors (Lipinski definition) is 16. The number of nitrogens with two attached hydrogens (primary N) is 9. The molecule has 1 heterocycles. The lowest BCUT2D eigenvalue weighted by molar-refractivity contribution is -0.135. The molecule has 1 aromatic heterocycles. The van der Waals surface area contributed by atoms with Crippen LogP contribution in [0.3, 0.4) is 0 Å². The molecule has 0 aliphatic rings. The van der Waals surface area contributed by atoms with Gasteiger partial charge in [0.1, 0.15) is 36.3 Å². The molecule has 0 fully saturated rings. The Morgan fingerprint density at radius 3 is 1.10 bits per heavy atom. The topological polar surface area (TPSA) is 463 Å². The summed E-state index contributed by atoms with van der Waals surface area (Å²) >= 11 is 0. The van der Waals surface area contributed by atoms with Crippen LogP contribution < -0.4 is 88.8 Å². The zero-order valence-electron chi connectivity index (χ0n) is 46.7. The fraction of sp³-hybridized carbons (Fsp3) is 0.618. The lowest BCUT2D eigenvalue weighted by atomic mass is 10.0. The minimum Gasteiger partial charge on any atom is -0.384 e. The lowest BCUT2D eigenvalue weighted by Gasteiger charge is -2.28. The predicted octanol–water partition coefficient (Wildman–Crippen LogP) is -0.610. The van der Waals surface area contributed by atoms with E-state index in [2.05, 4.69) is 42.2 Å². The monoisotopic (exact) mass is 1120 g/mol. The smallest absolute Gasteiger partial charge is 0.243 e. The molecule has 446 valence electrons. The predicted molar refractivity (Wildman–Crippen MR) is 315 cm³/mol. The highest BCUT2D eigenvalue weighted by Crippen LogP contribution is 2.30. The maximum absolute atomic E-state index is 14.4. The molecule has 0 aliphatic heterocycles. The first-order valence-corrected chi connectivity index (χ1v) is 28.5. The molecule has 0 bridgehead atoms. The summed E-state index contributed by atoms with van der Waals surface area (Å²) in [6, 6.07) is 8.04.